The maximum absolute atomic E-state index is 11.7. The first kappa shape index (κ1) is 17.0. The number of hydrogen-bond donors (Lipinski definition) is 3. The Morgan fingerprint density at radius 1 is 1.29 bits per heavy atom. The zero-order valence-corrected chi connectivity index (χ0v) is 12.3. The number of aliphatic hydroxyl groups is 1. The Balaban J connectivity index is 2.52. The second-order valence-electron chi connectivity index (χ2n) is 5.30. The molecule has 0 saturated carbocycles. The Morgan fingerprint density at radius 2 is 1.90 bits per heavy atom. The van der Waals surface area contributed by atoms with Gasteiger partial charge in [-0.1, -0.05) is 20.3 Å². The molecule has 3 N–H and O–H groups in total. The standard InChI is InChI=1S/C15H21NO5/c1-3-8-15(2,9-17)10-21-14(20)16-12-6-4-11(5-7-12)13(18)19/h4-7,17H,3,8-10H2,1-2H3,(H,16,20)(H,18,19). The van der Waals surface area contributed by atoms with Crippen molar-refractivity contribution < 1.29 is 24.5 Å². The number of hydrogen-bond acceptors (Lipinski definition) is 4. The van der Waals surface area contributed by atoms with Crippen LogP contribution in [0.4, 0.5) is 10.5 Å². The van der Waals surface area contributed by atoms with Crippen LogP contribution >= 0.6 is 0 Å². The third-order valence-corrected chi connectivity index (χ3v) is 3.17. The molecule has 0 fully saturated rings. The largest absolute Gasteiger partial charge is 0.478 e. The molecule has 116 valence electrons. The van der Waals surface area contributed by atoms with Gasteiger partial charge in [0, 0.05) is 11.1 Å². The van der Waals surface area contributed by atoms with E-state index in [1.165, 1.54) is 24.3 Å². The molecule has 0 saturated heterocycles. The minimum atomic E-state index is -1.03. The summed E-state index contributed by atoms with van der Waals surface area (Å²) < 4.78 is 5.11. The number of carbonyl (C=O) groups is 2. The van der Waals surface area contributed by atoms with E-state index in [2.05, 4.69) is 5.32 Å². The highest BCUT2D eigenvalue weighted by Crippen LogP contribution is 2.23. The molecular formula is C15H21NO5. The van der Waals surface area contributed by atoms with Gasteiger partial charge in [-0.3, -0.25) is 5.32 Å². The van der Waals surface area contributed by atoms with Gasteiger partial charge in [0.2, 0.25) is 0 Å². The van der Waals surface area contributed by atoms with Gasteiger partial charge in [-0.15, -0.1) is 0 Å². The van der Waals surface area contributed by atoms with E-state index in [0.29, 0.717) is 5.69 Å². The lowest BCUT2D eigenvalue weighted by atomic mass is 9.88. The highest BCUT2D eigenvalue weighted by atomic mass is 16.5. The van der Waals surface area contributed by atoms with Crippen molar-refractivity contribution in [2.24, 2.45) is 5.41 Å². The second-order valence-corrected chi connectivity index (χ2v) is 5.30. The number of benzene rings is 1. The predicted octanol–water partition coefficient (Wildman–Crippen LogP) is 2.73. The van der Waals surface area contributed by atoms with Gasteiger partial charge >= 0.3 is 12.1 Å². The molecule has 1 rings (SSSR count). The minimum Gasteiger partial charge on any atom is -0.478 e. The van der Waals surface area contributed by atoms with Gasteiger partial charge in [-0.2, -0.15) is 0 Å². The van der Waals surface area contributed by atoms with Gasteiger partial charge in [0.05, 0.1) is 12.2 Å². The van der Waals surface area contributed by atoms with Crippen molar-refractivity contribution in [3.8, 4) is 0 Å². The molecule has 6 nitrogen and oxygen atoms in total. The maximum Gasteiger partial charge on any atom is 0.411 e. The smallest absolute Gasteiger partial charge is 0.411 e. The third-order valence-electron chi connectivity index (χ3n) is 3.17. The van der Waals surface area contributed by atoms with Gasteiger partial charge in [0.1, 0.15) is 6.61 Å². The number of carboxylic acids is 1. The van der Waals surface area contributed by atoms with Gasteiger partial charge in [0.15, 0.2) is 0 Å². The topological polar surface area (TPSA) is 95.9 Å². The first-order valence-electron chi connectivity index (χ1n) is 6.78. The Bertz CT molecular complexity index is 485. The lowest BCUT2D eigenvalue weighted by molar-refractivity contribution is 0.0489. The van der Waals surface area contributed by atoms with Crippen molar-refractivity contribution >= 4 is 17.7 Å². The van der Waals surface area contributed by atoms with Crippen LogP contribution in [0.2, 0.25) is 0 Å². The molecule has 1 amide bonds. The fourth-order valence-electron chi connectivity index (χ4n) is 1.89. The van der Waals surface area contributed by atoms with E-state index in [1.807, 2.05) is 13.8 Å². The summed E-state index contributed by atoms with van der Waals surface area (Å²) in [5, 5.41) is 20.6. The average molecular weight is 295 g/mol. The monoisotopic (exact) mass is 295 g/mol. The van der Waals surface area contributed by atoms with Crippen LogP contribution < -0.4 is 5.32 Å². The molecule has 1 aromatic carbocycles. The highest BCUT2D eigenvalue weighted by molar-refractivity contribution is 5.89. The number of anilines is 1. The van der Waals surface area contributed by atoms with Crippen molar-refractivity contribution in [1.82, 2.24) is 0 Å². The van der Waals surface area contributed by atoms with Crippen LogP contribution in [0.5, 0.6) is 0 Å². The Kier molecular flexibility index (Phi) is 6.17. The molecule has 0 aliphatic rings. The van der Waals surface area contributed by atoms with Crippen molar-refractivity contribution in [2.45, 2.75) is 26.7 Å². The van der Waals surface area contributed by atoms with Crippen LogP contribution in [0.15, 0.2) is 24.3 Å². The number of amides is 1. The molecule has 0 spiro atoms. The van der Waals surface area contributed by atoms with Gasteiger partial charge in [-0.25, -0.2) is 9.59 Å². The third kappa shape index (κ3) is 5.43. The SMILES string of the molecule is CCCC(C)(CO)COC(=O)Nc1ccc(C(=O)O)cc1. The van der Waals surface area contributed by atoms with Crippen LogP contribution in [-0.4, -0.2) is 35.5 Å². The molecule has 0 bridgehead atoms. The summed E-state index contributed by atoms with van der Waals surface area (Å²) in [6, 6.07) is 5.77. The van der Waals surface area contributed by atoms with E-state index in [4.69, 9.17) is 9.84 Å². The Hall–Kier alpha value is -2.08. The number of aromatic carboxylic acids is 1. The van der Waals surface area contributed by atoms with E-state index in [0.717, 1.165) is 12.8 Å². The lowest BCUT2D eigenvalue weighted by Crippen LogP contribution is -2.30. The number of carboxylic acid groups (broad SMARTS) is 1. The summed E-state index contributed by atoms with van der Waals surface area (Å²) in [5.41, 5.74) is 0.148. The van der Waals surface area contributed by atoms with Crippen molar-refractivity contribution in [3.05, 3.63) is 29.8 Å². The molecule has 0 aliphatic carbocycles. The summed E-state index contributed by atoms with van der Waals surface area (Å²) in [5.74, 6) is -1.03. The van der Waals surface area contributed by atoms with Crippen LogP contribution in [0.3, 0.4) is 0 Å². The van der Waals surface area contributed by atoms with Crippen LogP contribution in [0.25, 0.3) is 0 Å². The summed E-state index contributed by atoms with van der Waals surface area (Å²) in [4.78, 5) is 22.4. The first-order valence-corrected chi connectivity index (χ1v) is 6.78. The number of rotatable bonds is 7. The minimum absolute atomic E-state index is 0.0541. The van der Waals surface area contributed by atoms with E-state index in [-0.39, 0.29) is 18.8 Å². The van der Waals surface area contributed by atoms with E-state index >= 15 is 0 Å². The quantitative estimate of drug-likeness (QED) is 0.718. The normalized spacial score (nSPS) is 13.3. The molecule has 0 aromatic heterocycles. The Labute approximate surface area is 123 Å². The summed E-state index contributed by atoms with van der Waals surface area (Å²) in [7, 11) is 0. The van der Waals surface area contributed by atoms with Crippen molar-refractivity contribution in [1.29, 1.82) is 0 Å². The van der Waals surface area contributed by atoms with E-state index < -0.39 is 17.5 Å². The van der Waals surface area contributed by atoms with Gasteiger partial charge in [-0.05, 0) is 30.7 Å². The van der Waals surface area contributed by atoms with Crippen LogP contribution in [-0.2, 0) is 4.74 Å². The van der Waals surface area contributed by atoms with Crippen LogP contribution in [0.1, 0.15) is 37.0 Å². The number of ether oxygens (including phenoxy) is 1. The number of carbonyl (C=O) groups excluding carboxylic acids is 1. The molecule has 1 unspecified atom stereocenters. The summed E-state index contributed by atoms with van der Waals surface area (Å²) in [6.07, 6.45) is 1.01. The molecule has 0 aliphatic heterocycles. The Morgan fingerprint density at radius 3 is 2.38 bits per heavy atom. The molecule has 21 heavy (non-hydrogen) atoms. The lowest BCUT2D eigenvalue weighted by Gasteiger charge is -2.26. The predicted molar refractivity (Wildman–Crippen MR) is 78.5 cm³/mol. The van der Waals surface area contributed by atoms with Crippen LogP contribution in [0, 0.1) is 5.41 Å². The second kappa shape index (κ2) is 7.64. The molecule has 6 heteroatoms. The van der Waals surface area contributed by atoms with Crippen molar-refractivity contribution in [3.63, 3.8) is 0 Å². The molecule has 1 aromatic rings. The summed E-state index contributed by atoms with van der Waals surface area (Å²) >= 11 is 0. The zero-order valence-electron chi connectivity index (χ0n) is 12.3. The van der Waals surface area contributed by atoms with Gasteiger partial charge < -0.3 is 14.9 Å². The maximum atomic E-state index is 11.7. The number of nitrogens with one attached hydrogen (secondary N) is 1. The summed E-state index contributed by atoms with van der Waals surface area (Å²) in [6.45, 7) is 3.92. The van der Waals surface area contributed by atoms with E-state index in [1.54, 1.807) is 0 Å². The molecule has 0 radical (unpaired) electrons. The van der Waals surface area contributed by atoms with Crippen molar-refractivity contribution in [2.75, 3.05) is 18.5 Å². The fraction of sp³-hybridized carbons (Fsp3) is 0.467. The van der Waals surface area contributed by atoms with E-state index in [9.17, 15) is 14.7 Å². The molecule has 0 heterocycles. The molecule has 1 atom stereocenters. The number of aliphatic hydroxyl groups excluding tert-OH is 1. The van der Waals surface area contributed by atoms with Gasteiger partial charge in [0.25, 0.3) is 0 Å². The highest BCUT2D eigenvalue weighted by Gasteiger charge is 2.24. The molecular weight excluding hydrogens is 274 g/mol. The average Bonchev–Trinajstić information content (AvgIpc) is 2.46. The first-order chi connectivity index (χ1) is 9.90. The fourth-order valence-corrected chi connectivity index (χ4v) is 1.89. The zero-order chi connectivity index (χ0) is 15.9.